The zero-order chi connectivity index (χ0) is 12.5. The SMILES string of the molecule is CS(=O)(=O)C1CCCC(C2(N)CCCCC2)C1. The van der Waals surface area contributed by atoms with Crippen molar-refractivity contribution in [1.29, 1.82) is 0 Å². The number of sulfone groups is 1. The first-order chi connectivity index (χ1) is 7.92. The third-order valence-electron chi connectivity index (χ3n) is 4.83. The monoisotopic (exact) mass is 259 g/mol. The fourth-order valence-corrected chi connectivity index (χ4v) is 4.85. The maximum atomic E-state index is 11.7. The first-order valence-electron chi connectivity index (χ1n) is 6.89. The highest BCUT2D eigenvalue weighted by Crippen LogP contribution is 2.41. The van der Waals surface area contributed by atoms with E-state index in [1.165, 1.54) is 25.5 Å². The summed E-state index contributed by atoms with van der Waals surface area (Å²) in [6, 6.07) is 0. The van der Waals surface area contributed by atoms with Gasteiger partial charge in [0, 0.05) is 11.8 Å². The lowest BCUT2D eigenvalue weighted by Gasteiger charge is -2.44. The van der Waals surface area contributed by atoms with E-state index >= 15 is 0 Å². The maximum Gasteiger partial charge on any atom is 0.150 e. The van der Waals surface area contributed by atoms with Gasteiger partial charge in [-0.3, -0.25) is 0 Å². The van der Waals surface area contributed by atoms with Crippen molar-refractivity contribution in [1.82, 2.24) is 0 Å². The van der Waals surface area contributed by atoms with Gasteiger partial charge in [0.2, 0.25) is 0 Å². The van der Waals surface area contributed by atoms with Crippen molar-refractivity contribution < 1.29 is 8.42 Å². The molecular formula is C13H25NO2S. The molecule has 3 nitrogen and oxygen atoms in total. The zero-order valence-electron chi connectivity index (χ0n) is 10.8. The van der Waals surface area contributed by atoms with Crippen LogP contribution in [0.15, 0.2) is 0 Å². The van der Waals surface area contributed by atoms with Gasteiger partial charge in [-0.05, 0) is 38.0 Å². The van der Waals surface area contributed by atoms with Crippen LogP contribution in [0.1, 0.15) is 57.8 Å². The molecular weight excluding hydrogens is 234 g/mol. The molecule has 2 saturated carbocycles. The first kappa shape index (κ1) is 13.3. The summed E-state index contributed by atoms with van der Waals surface area (Å²) in [6.45, 7) is 0. The highest BCUT2D eigenvalue weighted by molar-refractivity contribution is 7.91. The Labute approximate surface area is 105 Å². The predicted molar refractivity (Wildman–Crippen MR) is 70.6 cm³/mol. The van der Waals surface area contributed by atoms with Crippen molar-refractivity contribution in [3.63, 3.8) is 0 Å². The van der Waals surface area contributed by atoms with Gasteiger partial charge in [0.25, 0.3) is 0 Å². The van der Waals surface area contributed by atoms with Crippen LogP contribution in [0.5, 0.6) is 0 Å². The third kappa shape index (κ3) is 3.02. The summed E-state index contributed by atoms with van der Waals surface area (Å²) in [5, 5.41) is -0.136. The van der Waals surface area contributed by atoms with Crippen molar-refractivity contribution in [2.75, 3.05) is 6.26 Å². The van der Waals surface area contributed by atoms with Crippen molar-refractivity contribution in [2.45, 2.75) is 68.6 Å². The van der Waals surface area contributed by atoms with E-state index in [1.807, 2.05) is 0 Å². The summed E-state index contributed by atoms with van der Waals surface area (Å²) in [6.07, 6.45) is 11.1. The van der Waals surface area contributed by atoms with Crippen LogP contribution in [-0.2, 0) is 9.84 Å². The molecule has 2 rings (SSSR count). The van der Waals surface area contributed by atoms with Gasteiger partial charge in [-0.2, -0.15) is 0 Å². The normalized spacial score (nSPS) is 34.5. The summed E-state index contributed by atoms with van der Waals surface area (Å²) in [5.41, 5.74) is 6.48. The molecule has 0 aromatic rings. The van der Waals surface area contributed by atoms with Gasteiger partial charge >= 0.3 is 0 Å². The summed E-state index contributed by atoms with van der Waals surface area (Å²) < 4.78 is 23.4. The Morgan fingerprint density at radius 1 is 1.06 bits per heavy atom. The fraction of sp³-hybridized carbons (Fsp3) is 1.00. The van der Waals surface area contributed by atoms with Gasteiger partial charge in [0.15, 0.2) is 0 Å². The van der Waals surface area contributed by atoms with Gasteiger partial charge < -0.3 is 5.73 Å². The van der Waals surface area contributed by atoms with Gasteiger partial charge in [0.05, 0.1) is 5.25 Å². The smallest absolute Gasteiger partial charge is 0.150 e. The minimum Gasteiger partial charge on any atom is -0.325 e. The summed E-state index contributed by atoms with van der Waals surface area (Å²) in [5.74, 6) is 0.427. The van der Waals surface area contributed by atoms with E-state index in [0.29, 0.717) is 5.92 Å². The van der Waals surface area contributed by atoms with Crippen LogP contribution in [0.4, 0.5) is 0 Å². The largest absolute Gasteiger partial charge is 0.325 e. The Hall–Kier alpha value is -0.0900. The lowest BCUT2D eigenvalue weighted by Crippen LogP contribution is -2.51. The van der Waals surface area contributed by atoms with Crippen LogP contribution in [0, 0.1) is 5.92 Å². The van der Waals surface area contributed by atoms with E-state index in [-0.39, 0.29) is 10.8 Å². The van der Waals surface area contributed by atoms with E-state index < -0.39 is 9.84 Å². The second kappa shape index (κ2) is 4.88. The van der Waals surface area contributed by atoms with Crippen LogP contribution in [0.3, 0.4) is 0 Å². The van der Waals surface area contributed by atoms with Gasteiger partial charge in [-0.15, -0.1) is 0 Å². The highest BCUT2D eigenvalue weighted by Gasteiger charge is 2.40. The molecule has 0 aromatic carbocycles. The van der Waals surface area contributed by atoms with Crippen LogP contribution in [0.25, 0.3) is 0 Å². The molecule has 0 aromatic heterocycles. The van der Waals surface area contributed by atoms with Crippen molar-refractivity contribution in [3.05, 3.63) is 0 Å². The summed E-state index contributed by atoms with van der Waals surface area (Å²) in [4.78, 5) is 0. The fourth-order valence-electron chi connectivity index (χ4n) is 3.67. The topological polar surface area (TPSA) is 60.2 Å². The molecule has 2 fully saturated rings. The molecule has 0 radical (unpaired) electrons. The zero-order valence-corrected chi connectivity index (χ0v) is 11.6. The van der Waals surface area contributed by atoms with Crippen LogP contribution < -0.4 is 5.73 Å². The van der Waals surface area contributed by atoms with Crippen molar-refractivity contribution in [2.24, 2.45) is 11.7 Å². The minimum absolute atomic E-state index is 0.0678. The lowest BCUT2D eigenvalue weighted by atomic mass is 9.68. The Morgan fingerprint density at radius 3 is 2.29 bits per heavy atom. The summed E-state index contributed by atoms with van der Waals surface area (Å²) in [7, 11) is -2.88. The Kier molecular flexibility index (Phi) is 3.83. The number of hydrogen-bond donors (Lipinski definition) is 1. The van der Waals surface area contributed by atoms with Crippen LogP contribution >= 0.6 is 0 Å². The van der Waals surface area contributed by atoms with E-state index in [0.717, 1.165) is 38.5 Å². The van der Waals surface area contributed by atoms with Gasteiger partial charge in [-0.25, -0.2) is 8.42 Å². The molecule has 2 aliphatic carbocycles. The first-order valence-corrected chi connectivity index (χ1v) is 8.85. The third-order valence-corrected chi connectivity index (χ3v) is 6.47. The molecule has 0 amide bonds. The van der Waals surface area contributed by atoms with E-state index in [2.05, 4.69) is 0 Å². The molecule has 0 saturated heterocycles. The molecule has 0 spiro atoms. The quantitative estimate of drug-likeness (QED) is 0.827. The molecule has 0 heterocycles. The van der Waals surface area contributed by atoms with Gasteiger partial charge in [-0.1, -0.05) is 25.7 Å². The molecule has 4 heteroatoms. The lowest BCUT2D eigenvalue weighted by molar-refractivity contribution is 0.155. The second-order valence-corrected chi connectivity index (χ2v) is 8.43. The average molecular weight is 259 g/mol. The molecule has 0 bridgehead atoms. The standard InChI is InChI=1S/C13H25NO2S/c1-17(15,16)12-7-5-6-11(10-12)13(14)8-3-2-4-9-13/h11-12H,2-10,14H2,1H3. The Balaban J connectivity index is 2.06. The number of rotatable bonds is 2. The predicted octanol–water partition coefficient (Wildman–Crippen LogP) is 2.25. The molecule has 2 atom stereocenters. The molecule has 2 N–H and O–H groups in total. The number of nitrogens with two attached hydrogens (primary N) is 1. The molecule has 2 unspecified atom stereocenters. The molecule has 2 aliphatic rings. The number of hydrogen-bond acceptors (Lipinski definition) is 3. The molecule has 0 aliphatic heterocycles. The molecule has 17 heavy (non-hydrogen) atoms. The van der Waals surface area contributed by atoms with Crippen molar-refractivity contribution >= 4 is 9.84 Å². The van der Waals surface area contributed by atoms with Crippen molar-refractivity contribution in [3.8, 4) is 0 Å². The van der Waals surface area contributed by atoms with Gasteiger partial charge in [0.1, 0.15) is 9.84 Å². The van der Waals surface area contributed by atoms with Crippen LogP contribution in [0.2, 0.25) is 0 Å². The Morgan fingerprint density at radius 2 is 1.71 bits per heavy atom. The second-order valence-electron chi connectivity index (χ2n) is 6.11. The summed E-state index contributed by atoms with van der Waals surface area (Å²) >= 11 is 0. The maximum absolute atomic E-state index is 11.7. The average Bonchev–Trinajstić information content (AvgIpc) is 2.29. The van der Waals surface area contributed by atoms with E-state index in [9.17, 15) is 8.42 Å². The van der Waals surface area contributed by atoms with E-state index in [4.69, 9.17) is 5.73 Å². The Bertz CT molecular complexity index is 358. The highest BCUT2D eigenvalue weighted by atomic mass is 32.2. The van der Waals surface area contributed by atoms with Crippen LogP contribution in [-0.4, -0.2) is 25.5 Å². The molecule has 100 valence electrons. The minimum atomic E-state index is -2.88. The van der Waals surface area contributed by atoms with E-state index in [1.54, 1.807) is 0 Å².